The fraction of sp³-hybridized carbons (Fsp3) is 0.800. The van der Waals surface area contributed by atoms with E-state index in [2.05, 4.69) is 30.9 Å². The molecular weight excluding hydrogens is 196 g/mol. The van der Waals surface area contributed by atoms with Crippen molar-refractivity contribution in [2.75, 3.05) is 27.3 Å². The minimum absolute atomic E-state index is 0.0696. The van der Waals surface area contributed by atoms with Crippen LogP contribution in [0.25, 0.3) is 0 Å². The highest BCUT2D eigenvalue weighted by Crippen LogP contribution is 1.86. The molecule has 0 aliphatic rings. The monoisotopic (exact) mass is 218 g/mol. The maximum absolute atomic E-state index is 10.8. The summed E-state index contributed by atoms with van der Waals surface area (Å²) in [5.41, 5.74) is 0. The maximum Gasteiger partial charge on any atom is 0.241 e. The summed E-state index contributed by atoms with van der Waals surface area (Å²) in [5, 5.41) is 2.56. The number of methoxy groups -OCH3 is 2. The highest BCUT2D eigenvalue weighted by atomic mass is 16.7. The van der Waals surface area contributed by atoms with E-state index in [1.807, 2.05) is 0 Å². The summed E-state index contributed by atoms with van der Waals surface area (Å²) in [5.74, 6) is -0.191. The summed E-state index contributed by atoms with van der Waals surface area (Å²) >= 11 is 0. The third kappa shape index (κ3) is 13.1. The van der Waals surface area contributed by atoms with Crippen molar-refractivity contribution in [3.8, 4) is 0 Å². The Balaban J connectivity index is 0. The number of aliphatic imine (C=N–C) groups is 1. The minimum atomic E-state index is -0.404. The fourth-order valence-electron chi connectivity index (χ4n) is 0.618. The van der Waals surface area contributed by atoms with Crippen LogP contribution >= 0.6 is 0 Å². The third-order valence-corrected chi connectivity index (χ3v) is 1.25. The Kier molecular flexibility index (Phi) is 14.4. The van der Waals surface area contributed by atoms with Crippen LogP contribution in [0.15, 0.2) is 4.99 Å². The van der Waals surface area contributed by atoms with E-state index in [1.54, 1.807) is 0 Å². The molecule has 0 heterocycles. The molecule has 1 amide bonds. The lowest BCUT2D eigenvalue weighted by Gasteiger charge is -2.13. The normalized spacial score (nSPS) is 9.13. The van der Waals surface area contributed by atoms with Gasteiger partial charge < -0.3 is 14.8 Å². The first-order valence-corrected chi connectivity index (χ1v) is 4.90. The van der Waals surface area contributed by atoms with E-state index in [0.717, 1.165) is 0 Å². The van der Waals surface area contributed by atoms with Gasteiger partial charge in [-0.25, -0.2) is 0 Å². The smallest absolute Gasteiger partial charge is 0.241 e. The van der Waals surface area contributed by atoms with Gasteiger partial charge in [-0.3, -0.25) is 9.79 Å². The van der Waals surface area contributed by atoms with Gasteiger partial charge in [-0.2, -0.15) is 0 Å². The predicted molar refractivity (Wildman–Crippen MR) is 61.2 cm³/mol. The highest BCUT2D eigenvalue weighted by molar-refractivity contribution is 5.78. The number of hydrogen-bond donors (Lipinski definition) is 1. The molecule has 0 aromatic rings. The highest BCUT2D eigenvalue weighted by Gasteiger charge is 2.06. The van der Waals surface area contributed by atoms with E-state index < -0.39 is 6.29 Å². The predicted octanol–water partition coefficient (Wildman–Crippen LogP) is 0.838. The van der Waals surface area contributed by atoms with Crippen molar-refractivity contribution >= 4 is 12.6 Å². The van der Waals surface area contributed by atoms with Gasteiger partial charge in [0.15, 0.2) is 6.29 Å². The average molecular weight is 218 g/mol. The van der Waals surface area contributed by atoms with Crippen LogP contribution in [0.3, 0.4) is 0 Å². The third-order valence-electron chi connectivity index (χ3n) is 1.25. The summed E-state index contributed by atoms with van der Waals surface area (Å²) in [7, 11) is 3.01. The largest absolute Gasteiger partial charge is 0.354 e. The molecule has 0 saturated heterocycles. The number of nitrogens with one attached hydrogen (secondary N) is 1. The zero-order valence-corrected chi connectivity index (χ0v) is 10.1. The second kappa shape index (κ2) is 13.1. The summed E-state index contributed by atoms with van der Waals surface area (Å²) in [6.07, 6.45) is 0.846. The van der Waals surface area contributed by atoms with E-state index >= 15 is 0 Å². The lowest BCUT2D eigenvalue weighted by atomic mass is 10.5. The summed E-state index contributed by atoms with van der Waals surface area (Å²) in [6, 6.07) is 0. The first kappa shape index (κ1) is 16.5. The number of carbonyl (C=O) groups is 1. The molecule has 0 fully saturated rings. The van der Waals surface area contributed by atoms with Crippen LogP contribution in [0.2, 0.25) is 0 Å². The van der Waals surface area contributed by atoms with Crippen molar-refractivity contribution in [3.63, 3.8) is 0 Å². The molecule has 0 radical (unpaired) electrons. The lowest BCUT2D eigenvalue weighted by molar-refractivity contribution is -0.126. The Hall–Kier alpha value is -0.940. The van der Waals surface area contributed by atoms with E-state index in [9.17, 15) is 4.79 Å². The Morgan fingerprint density at radius 1 is 1.40 bits per heavy atom. The van der Waals surface area contributed by atoms with Gasteiger partial charge in [0.25, 0.3) is 0 Å². The van der Waals surface area contributed by atoms with Gasteiger partial charge in [0, 0.05) is 14.2 Å². The molecule has 0 aromatic heterocycles. The molecule has 5 heteroatoms. The first-order chi connectivity index (χ1) is 7.15. The zero-order valence-electron chi connectivity index (χ0n) is 10.1. The molecule has 5 nitrogen and oxygen atoms in total. The van der Waals surface area contributed by atoms with Crippen molar-refractivity contribution in [2.24, 2.45) is 4.99 Å². The molecular formula is C10H22N2O3. The molecule has 0 aliphatic heterocycles. The zero-order chi connectivity index (χ0) is 12.1. The quantitative estimate of drug-likeness (QED) is 0.531. The Bertz CT molecular complexity index is 159. The van der Waals surface area contributed by atoms with Crippen LogP contribution < -0.4 is 5.32 Å². The topological polar surface area (TPSA) is 59.9 Å². The Labute approximate surface area is 91.9 Å². The molecule has 0 aromatic carbocycles. The molecule has 0 bridgehead atoms. The maximum atomic E-state index is 10.8. The van der Waals surface area contributed by atoms with Gasteiger partial charge in [-0.05, 0) is 6.72 Å². The summed E-state index contributed by atoms with van der Waals surface area (Å²) < 4.78 is 9.69. The van der Waals surface area contributed by atoms with E-state index in [0.29, 0.717) is 6.54 Å². The average Bonchev–Trinajstić information content (AvgIpc) is 2.21. The van der Waals surface area contributed by atoms with Crippen LogP contribution in [0.1, 0.15) is 20.3 Å². The molecule has 90 valence electrons. The molecule has 0 aliphatic carbocycles. The molecule has 15 heavy (non-hydrogen) atoms. The number of amides is 1. The van der Waals surface area contributed by atoms with Crippen molar-refractivity contribution in [1.82, 2.24) is 5.32 Å². The first-order valence-electron chi connectivity index (χ1n) is 4.90. The van der Waals surface area contributed by atoms with E-state index in [1.165, 1.54) is 20.6 Å². The summed E-state index contributed by atoms with van der Waals surface area (Å²) in [4.78, 5) is 14.2. The molecule has 0 rings (SSSR count). The van der Waals surface area contributed by atoms with Crippen molar-refractivity contribution in [1.29, 1.82) is 0 Å². The number of nitrogens with zero attached hydrogens (tertiary/aromatic N) is 1. The van der Waals surface area contributed by atoms with Crippen molar-refractivity contribution < 1.29 is 14.3 Å². The van der Waals surface area contributed by atoms with E-state index in [4.69, 9.17) is 9.47 Å². The molecule has 0 spiro atoms. The SMILES string of the molecule is C=NCC(=O)NCC(OC)OC.CCC. The number of hydrogen-bond acceptors (Lipinski definition) is 4. The summed E-state index contributed by atoms with van der Waals surface area (Å²) in [6.45, 7) is 7.84. The second-order valence-corrected chi connectivity index (χ2v) is 2.79. The molecule has 0 saturated carbocycles. The van der Waals surface area contributed by atoms with Gasteiger partial charge >= 0.3 is 0 Å². The van der Waals surface area contributed by atoms with Gasteiger partial charge in [-0.1, -0.05) is 20.3 Å². The number of carbonyl (C=O) groups excluding carboxylic acids is 1. The fourth-order valence-corrected chi connectivity index (χ4v) is 0.618. The molecule has 0 atom stereocenters. The number of rotatable bonds is 6. The number of ether oxygens (including phenoxy) is 2. The molecule has 1 N–H and O–H groups in total. The van der Waals surface area contributed by atoms with Crippen LogP contribution in [0.5, 0.6) is 0 Å². The van der Waals surface area contributed by atoms with Crippen LogP contribution in [-0.2, 0) is 14.3 Å². The van der Waals surface area contributed by atoms with E-state index in [-0.39, 0.29) is 12.5 Å². The minimum Gasteiger partial charge on any atom is -0.354 e. The Morgan fingerprint density at radius 3 is 2.20 bits per heavy atom. The van der Waals surface area contributed by atoms with Crippen molar-refractivity contribution in [2.45, 2.75) is 26.6 Å². The van der Waals surface area contributed by atoms with Gasteiger partial charge in [0.1, 0.15) is 6.54 Å². The van der Waals surface area contributed by atoms with Gasteiger partial charge in [0.2, 0.25) is 5.91 Å². The lowest BCUT2D eigenvalue weighted by Crippen LogP contribution is -2.35. The van der Waals surface area contributed by atoms with Crippen LogP contribution in [0, 0.1) is 0 Å². The second-order valence-electron chi connectivity index (χ2n) is 2.79. The van der Waals surface area contributed by atoms with Gasteiger partial charge in [-0.15, -0.1) is 0 Å². The van der Waals surface area contributed by atoms with Crippen LogP contribution in [-0.4, -0.2) is 46.2 Å². The van der Waals surface area contributed by atoms with Crippen molar-refractivity contribution in [3.05, 3.63) is 0 Å². The Morgan fingerprint density at radius 2 is 1.87 bits per heavy atom. The standard InChI is InChI=1S/C7H14N2O3.C3H8/c1-8-4-6(10)9-5-7(11-2)12-3;1-3-2/h7H,1,4-5H2,2-3H3,(H,9,10);3H2,1-2H3. The van der Waals surface area contributed by atoms with Gasteiger partial charge in [0.05, 0.1) is 6.54 Å². The van der Waals surface area contributed by atoms with Crippen LogP contribution in [0.4, 0.5) is 0 Å². The molecule has 0 unspecified atom stereocenters.